The molecule has 0 aliphatic carbocycles. The lowest BCUT2D eigenvalue weighted by Crippen LogP contribution is -3.00. The van der Waals surface area contributed by atoms with E-state index in [-0.39, 0.29) is 12.4 Å². The molecule has 0 aliphatic rings. The zero-order valence-corrected chi connectivity index (χ0v) is 10.7. The molecule has 0 N–H and O–H groups in total. The van der Waals surface area contributed by atoms with Crippen molar-refractivity contribution >= 4 is 0 Å². The molecule has 0 fully saturated rings. The second-order valence-electron chi connectivity index (χ2n) is 3.75. The van der Waals surface area contributed by atoms with Crippen molar-refractivity contribution in [3.8, 4) is 5.75 Å². The first kappa shape index (κ1) is 15.0. The van der Waals surface area contributed by atoms with Crippen molar-refractivity contribution in [2.24, 2.45) is 0 Å². The Morgan fingerprint density at radius 1 is 1.31 bits per heavy atom. The fourth-order valence-corrected chi connectivity index (χ4v) is 1.31. The van der Waals surface area contributed by atoms with E-state index in [9.17, 15) is 0 Å². The third-order valence-corrected chi connectivity index (χ3v) is 2.13. The summed E-state index contributed by atoms with van der Waals surface area (Å²) in [7, 11) is 4.08. The second kappa shape index (κ2) is 8.20. The maximum atomic E-state index is 5.71. The average molecular weight is 241 g/mol. The van der Waals surface area contributed by atoms with E-state index < -0.39 is 0 Å². The number of hydrogen-bond donors (Lipinski definition) is 0. The highest BCUT2D eigenvalue weighted by Gasteiger charge is 2.00. The standard InChI is InChI=1S/C13H19NO.ClH/c1-4-7-12-8-5-6-9-13(12)15-11-10-14(2)3;/h4-6,8-9H,1,7,10-11H2,2-3H3;1H/p-1. The molecule has 1 aromatic carbocycles. The Morgan fingerprint density at radius 3 is 2.62 bits per heavy atom. The Labute approximate surface area is 104 Å². The lowest BCUT2D eigenvalue weighted by atomic mass is 10.1. The summed E-state index contributed by atoms with van der Waals surface area (Å²) in [6.07, 6.45) is 2.76. The summed E-state index contributed by atoms with van der Waals surface area (Å²) < 4.78 is 5.71. The Hall–Kier alpha value is -0.990. The van der Waals surface area contributed by atoms with Gasteiger partial charge in [-0.2, -0.15) is 0 Å². The lowest BCUT2D eigenvalue weighted by molar-refractivity contribution is -0.00000373. The first-order chi connectivity index (χ1) is 7.24. The number of likely N-dealkylation sites (N-methyl/N-ethyl adjacent to an activating group) is 1. The molecule has 3 heteroatoms. The van der Waals surface area contributed by atoms with Crippen LogP contribution in [-0.4, -0.2) is 32.1 Å². The van der Waals surface area contributed by atoms with E-state index in [1.54, 1.807) is 0 Å². The normalized spacial score (nSPS) is 9.69. The van der Waals surface area contributed by atoms with Crippen LogP contribution in [0.4, 0.5) is 0 Å². The van der Waals surface area contributed by atoms with Crippen LogP contribution in [-0.2, 0) is 6.42 Å². The molecule has 0 saturated carbocycles. The molecule has 0 bridgehead atoms. The number of benzene rings is 1. The molecule has 0 unspecified atom stereocenters. The van der Waals surface area contributed by atoms with Gasteiger partial charge in [-0.3, -0.25) is 0 Å². The summed E-state index contributed by atoms with van der Waals surface area (Å²) in [6.45, 7) is 5.40. The van der Waals surface area contributed by atoms with E-state index in [0.29, 0.717) is 0 Å². The van der Waals surface area contributed by atoms with Gasteiger partial charge in [0.25, 0.3) is 0 Å². The zero-order valence-electron chi connectivity index (χ0n) is 9.95. The third kappa shape index (κ3) is 5.19. The number of rotatable bonds is 6. The highest BCUT2D eigenvalue weighted by Crippen LogP contribution is 2.18. The van der Waals surface area contributed by atoms with Crippen LogP contribution < -0.4 is 17.1 Å². The number of allylic oxidation sites excluding steroid dienone is 1. The van der Waals surface area contributed by atoms with Crippen LogP contribution in [0.3, 0.4) is 0 Å². The maximum Gasteiger partial charge on any atom is 0.122 e. The monoisotopic (exact) mass is 240 g/mol. The topological polar surface area (TPSA) is 12.5 Å². The summed E-state index contributed by atoms with van der Waals surface area (Å²) in [5.74, 6) is 0.972. The SMILES string of the molecule is C=CCc1ccccc1OCCN(C)C.[Cl-]. The van der Waals surface area contributed by atoms with Crippen LogP contribution in [0, 0.1) is 0 Å². The van der Waals surface area contributed by atoms with E-state index in [1.165, 1.54) is 5.56 Å². The predicted octanol–water partition coefficient (Wildman–Crippen LogP) is -0.640. The molecule has 0 aromatic heterocycles. The van der Waals surface area contributed by atoms with Crippen molar-refractivity contribution in [3.05, 3.63) is 42.5 Å². The smallest absolute Gasteiger partial charge is 0.122 e. The Kier molecular flexibility index (Phi) is 7.69. The number of halogens is 1. The summed E-state index contributed by atoms with van der Waals surface area (Å²) in [6, 6.07) is 8.11. The van der Waals surface area contributed by atoms with Crippen LogP contribution in [0.25, 0.3) is 0 Å². The molecular weight excluding hydrogens is 222 g/mol. The molecular formula is C13H19ClNO-. The second-order valence-corrected chi connectivity index (χ2v) is 3.75. The third-order valence-electron chi connectivity index (χ3n) is 2.13. The minimum absolute atomic E-state index is 0. The number of hydrogen-bond acceptors (Lipinski definition) is 2. The van der Waals surface area contributed by atoms with E-state index in [1.807, 2.05) is 38.4 Å². The first-order valence-electron chi connectivity index (χ1n) is 5.20. The van der Waals surface area contributed by atoms with Crippen LogP contribution in [0.2, 0.25) is 0 Å². The molecule has 0 atom stereocenters. The lowest BCUT2D eigenvalue weighted by Gasteiger charge is -2.13. The summed E-state index contributed by atoms with van der Waals surface area (Å²) in [5.41, 5.74) is 1.20. The highest BCUT2D eigenvalue weighted by atomic mass is 35.5. The molecule has 1 rings (SSSR count). The van der Waals surface area contributed by atoms with Crippen molar-refractivity contribution in [1.29, 1.82) is 0 Å². The fraction of sp³-hybridized carbons (Fsp3) is 0.385. The van der Waals surface area contributed by atoms with Gasteiger partial charge >= 0.3 is 0 Å². The largest absolute Gasteiger partial charge is 1.00 e. The summed E-state index contributed by atoms with van der Waals surface area (Å²) in [5, 5.41) is 0. The summed E-state index contributed by atoms with van der Waals surface area (Å²) in [4.78, 5) is 2.11. The van der Waals surface area contributed by atoms with Crippen molar-refractivity contribution in [3.63, 3.8) is 0 Å². The Bertz CT molecular complexity index is 313. The van der Waals surface area contributed by atoms with Gasteiger partial charge in [-0.1, -0.05) is 24.3 Å². The van der Waals surface area contributed by atoms with Gasteiger partial charge in [0.05, 0.1) is 0 Å². The molecule has 0 spiro atoms. The summed E-state index contributed by atoms with van der Waals surface area (Å²) >= 11 is 0. The predicted molar refractivity (Wildman–Crippen MR) is 64.4 cm³/mol. The molecule has 0 aliphatic heterocycles. The Balaban J connectivity index is 0.00000225. The van der Waals surface area contributed by atoms with E-state index >= 15 is 0 Å². The van der Waals surface area contributed by atoms with Gasteiger partial charge < -0.3 is 22.0 Å². The Morgan fingerprint density at radius 2 is 2.00 bits per heavy atom. The minimum atomic E-state index is 0. The van der Waals surface area contributed by atoms with Gasteiger partial charge in [0.2, 0.25) is 0 Å². The van der Waals surface area contributed by atoms with Gasteiger partial charge in [0, 0.05) is 6.54 Å². The molecule has 0 heterocycles. The van der Waals surface area contributed by atoms with E-state index in [0.717, 1.165) is 25.3 Å². The zero-order chi connectivity index (χ0) is 11.1. The molecule has 0 amide bonds. The maximum absolute atomic E-state index is 5.71. The number of ether oxygens (including phenoxy) is 1. The number of nitrogens with zero attached hydrogens (tertiary/aromatic N) is 1. The van der Waals surface area contributed by atoms with Gasteiger partial charge in [0.15, 0.2) is 0 Å². The van der Waals surface area contributed by atoms with Gasteiger partial charge in [0.1, 0.15) is 12.4 Å². The molecule has 2 nitrogen and oxygen atoms in total. The first-order valence-corrected chi connectivity index (χ1v) is 5.20. The fourth-order valence-electron chi connectivity index (χ4n) is 1.31. The van der Waals surface area contributed by atoms with Crippen molar-refractivity contribution in [1.82, 2.24) is 4.90 Å². The molecule has 90 valence electrons. The molecule has 16 heavy (non-hydrogen) atoms. The highest BCUT2D eigenvalue weighted by molar-refractivity contribution is 5.34. The van der Waals surface area contributed by atoms with Gasteiger partial charge in [-0.05, 0) is 32.1 Å². The van der Waals surface area contributed by atoms with Crippen molar-refractivity contribution < 1.29 is 17.1 Å². The molecule has 0 saturated heterocycles. The van der Waals surface area contributed by atoms with Crippen LogP contribution in [0.1, 0.15) is 5.56 Å². The van der Waals surface area contributed by atoms with Crippen LogP contribution in [0.15, 0.2) is 36.9 Å². The minimum Gasteiger partial charge on any atom is -1.00 e. The van der Waals surface area contributed by atoms with Gasteiger partial charge in [-0.15, -0.1) is 6.58 Å². The number of para-hydroxylation sites is 1. The quantitative estimate of drug-likeness (QED) is 0.614. The van der Waals surface area contributed by atoms with E-state index in [4.69, 9.17) is 4.74 Å². The van der Waals surface area contributed by atoms with Crippen LogP contribution >= 0.6 is 0 Å². The van der Waals surface area contributed by atoms with Gasteiger partial charge in [-0.25, -0.2) is 0 Å². The van der Waals surface area contributed by atoms with Crippen LogP contribution in [0.5, 0.6) is 5.75 Å². The molecule has 1 aromatic rings. The average Bonchev–Trinajstić information content (AvgIpc) is 2.20. The van der Waals surface area contributed by atoms with Crippen molar-refractivity contribution in [2.45, 2.75) is 6.42 Å². The van der Waals surface area contributed by atoms with Crippen molar-refractivity contribution in [2.75, 3.05) is 27.2 Å². The molecule has 0 radical (unpaired) electrons. The van der Waals surface area contributed by atoms with E-state index in [2.05, 4.69) is 17.5 Å².